The van der Waals surface area contributed by atoms with Crippen LogP contribution in [-0.2, 0) is 14.3 Å². The fraction of sp³-hybridized carbons (Fsp3) is 0.857. The van der Waals surface area contributed by atoms with Gasteiger partial charge in [-0.15, -0.1) is 0 Å². The van der Waals surface area contributed by atoms with Crippen molar-refractivity contribution in [3.63, 3.8) is 0 Å². The number of carbonyl (C=O) groups is 2. The van der Waals surface area contributed by atoms with E-state index in [1.807, 2.05) is 13.8 Å². The SMILES string of the molecule is CCCNC(=O)C1COCCN1C(=O)C1CCNC1C. The molecule has 2 fully saturated rings. The molecule has 2 aliphatic heterocycles. The Morgan fingerprint density at radius 3 is 2.90 bits per heavy atom. The Labute approximate surface area is 120 Å². The number of nitrogens with one attached hydrogen (secondary N) is 2. The zero-order chi connectivity index (χ0) is 14.5. The molecule has 3 unspecified atom stereocenters. The van der Waals surface area contributed by atoms with E-state index >= 15 is 0 Å². The molecule has 2 N–H and O–H groups in total. The van der Waals surface area contributed by atoms with Crippen molar-refractivity contribution in [3.8, 4) is 0 Å². The first-order chi connectivity index (χ1) is 9.65. The van der Waals surface area contributed by atoms with E-state index in [1.54, 1.807) is 4.90 Å². The Morgan fingerprint density at radius 2 is 2.25 bits per heavy atom. The molecule has 0 bridgehead atoms. The van der Waals surface area contributed by atoms with E-state index in [4.69, 9.17) is 4.74 Å². The number of nitrogens with zero attached hydrogens (tertiary/aromatic N) is 1. The van der Waals surface area contributed by atoms with Crippen LogP contribution < -0.4 is 10.6 Å². The van der Waals surface area contributed by atoms with Gasteiger partial charge in [-0.2, -0.15) is 0 Å². The molecule has 0 saturated carbocycles. The number of hydrogen-bond donors (Lipinski definition) is 2. The molecule has 3 atom stereocenters. The van der Waals surface area contributed by atoms with Crippen LogP contribution in [0.5, 0.6) is 0 Å². The molecule has 0 aliphatic carbocycles. The van der Waals surface area contributed by atoms with Crippen LogP contribution in [0.4, 0.5) is 0 Å². The lowest BCUT2D eigenvalue weighted by Crippen LogP contribution is -2.57. The van der Waals surface area contributed by atoms with Crippen LogP contribution in [-0.4, -0.2) is 61.6 Å². The van der Waals surface area contributed by atoms with Crippen LogP contribution in [0, 0.1) is 5.92 Å². The predicted molar refractivity (Wildman–Crippen MR) is 75.2 cm³/mol. The monoisotopic (exact) mass is 283 g/mol. The van der Waals surface area contributed by atoms with Gasteiger partial charge in [-0.05, 0) is 26.3 Å². The molecule has 0 aromatic heterocycles. The van der Waals surface area contributed by atoms with E-state index in [0.717, 1.165) is 19.4 Å². The number of rotatable bonds is 4. The van der Waals surface area contributed by atoms with E-state index in [1.165, 1.54) is 0 Å². The molecule has 0 aromatic rings. The predicted octanol–water partition coefficient (Wildman–Crippen LogP) is -0.262. The number of carbonyl (C=O) groups excluding carboxylic acids is 2. The highest BCUT2D eigenvalue weighted by Crippen LogP contribution is 2.21. The smallest absolute Gasteiger partial charge is 0.245 e. The molecule has 2 rings (SSSR count). The molecule has 2 aliphatic rings. The van der Waals surface area contributed by atoms with Crippen LogP contribution in [0.1, 0.15) is 26.7 Å². The molecule has 6 heteroatoms. The van der Waals surface area contributed by atoms with Gasteiger partial charge < -0.3 is 20.3 Å². The Bertz CT molecular complexity index is 362. The van der Waals surface area contributed by atoms with Crippen molar-refractivity contribution in [2.24, 2.45) is 5.92 Å². The van der Waals surface area contributed by atoms with Gasteiger partial charge in [-0.25, -0.2) is 0 Å². The van der Waals surface area contributed by atoms with Crippen LogP contribution in [0.25, 0.3) is 0 Å². The second kappa shape index (κ2) is 7.04. The zero-order valence-electron chi connectivity index (χ0n) is 12.4. The summed E-state index contributed by atoms with van der Waals surface area (Å²) in [6, 6.07) is -0.291. The quantitative estimate of drug-likeness (QED) is 0.746. The maximum atomic E-state index is 12.6. The average molecular weight is 283 g/mol. The summed E-state index contributed by atoms with van der Waals surface area (Å²) in [5, 5.41) is 6.15. The first kappa shape index (κ1) is 15.3. The lowest BCUT2D eigenvalue weighted by Gasteiger charge is -2.36. The van der Waals surface area contributed by atoms with Crippen molar-refractivity contribution in [1.29, 1.82) is 0 Å². The van der Waals surface area contributed by atoms with Gasteiger partial charge in [0.25, 0.3) is 0 Å². The summed E-state index contributed by atoms with van der Waals surface area (Å²) < 4.78 is 5.38. The number of hydrogen-bond acceptors (Lipinski definition) is 4. The van der Waals surface area contributed by atoms with Crippen molar-refractivity contribution < 1.29 is 14.3 Å². The largest absolute Gasteiger partial charge is 0.377 e. The lowest BCUT2D eigenvalue weighted by atomic mass is 9.99. The number of amides is 2. The Balaban J connectivity index is 2.02. The van der Waals surface area contributed by atoms with E-state index in [2.05, 4.69) is 10.6 Å². The minimum atomic E-state index is -0.476. The number of ether oxygens (including phenoxy) is 1. The maximum absolute atomic E-state index is 12.6. The van der Waals surface area contributed by atoms with Gasteiger partial charge in [0.2, 0.25) is 11.8 Å². The first-order valence-electron chi connectivity index (χ1n) is 7.54. The highest BCUT2D eigenvalue weighted by molar-refractivity contribution is 5.89. The topological polar surface area (TPSA) is 70.7 Å². The molecule has 2 amide bonds. The van der Waals surface area contributed by atoms with E-state index < -0.39 is 6.04 Å². The van der Waals surface area contributed by atoms with E-state index in [9.17, 15) is 9.59 Å². The van der Waals surface area contributed by atoms with Crippen molar-refractivity contribution in [3.05, 3.63) is 0 Å². The average Bonchev–Trinajstić information content (AvgIpc) is 2.90. The van der Waals surface area contributed by atoms with Gasteiger partial charge in [-0.3, -0.25) is 9.59 Å². The lowest BCUT2D eigenvalue weighted by molar-refractivity contribution is -0.151. The van der Waals surface area contributed by atoms with Gasteiger partial charge in [-0.1, -0.05) is 6.92 Å². The van der Waals surface area contributed by atoms with E-state index in [-0.39, 0.29) is 23.8 Å². The third kappa shape index (κ3) is 3.30. The normalized spacial score (nSPS) is 30.3. The van der Waals surface area contributed by atoms with Crippen LogP contribution in [0.3, 0.4) is 0 Å². The van der Waals surface area contributed by atoms with Gasteiger partial charge in [0.15, 0.2) is 0 Å². The summed E-state index contributed by atoms with van der Waals surface area (Å²) in [4.78, 5) is 26.5. The Morgan fingerprint density at radius 1 is 1.45 bits per heavy atom. The third-order valence-corrected chi connectivity index (χ3v) is 4.11. The van der Waals surface area contributed by atoms with Crippen molar-refractivity contribution in [2.45, 2.75) is 38.8 Å². The molecular weight excluding hydrogens is 258 g/mol. The fourth-order valence-electron chi connectivity index (χ4n) is 2.86. The summed E-state index contributed by atoms with van der Waals surface area (Å²) in [6.45, 7) is 6.86. The molecule has 2 saturated heterocycles. The van der Waals surface area contributed by atoms with Crippen molar-refractivity contribution in [2.75, 3.05) is 32.8 Å². The number of morpholine rings is 1. The summed E-state index contributed by atoms with van der Waals surface area (Å²) >= 11 is 0. The standard InChI is InChI=1S/C14H25N3O3/c1-3-5-16-13(18)12-9-20-8-7-17(12)14(19)11-4-6-15-10(11)2/h10-12,15H,3-9H2,1-2H3,(H,16,18). The molecule has 0 aromatic carbocycles. The van der Waals surface area contributed by atoms with Gasteiger partial charge >= 0.3 is 0 Å². The Hall–Kier alpha value is -1.14. The highest BCUT2D eigenvalue weighted by atomic mass is 16.5. The van der Waals surface area contributed by atoms with Gasteiger partial charge in [0.1, 0.15) is 6.04 Å². The summed E-state index contributed by atoms with van der Waals surface area (Å²) in [6.07, 6.45) is 1.73. The Kier molecular flexibility index (Phi) is 5.37. The van der Waals surface area contributed by atoms with Crippen molar-refractivity contribution >= 4 is 11.8 Å². The van der Waals surface area contributed by atoms with Crippen molar-refractivity contribution in [1.82, 2.24) is 15.5 Å². The first-order valence-corrected chi connectivity index (χ1v) is 7.54. The van der Waals surface area contributed by atoms with Crippen LogP contribution >= 0.6 is 0 Å². The minimum absolute atomic E-state index is 0.0189. The molecule has 114 valence electrons. The summed E-state index contributed by atoms with van der Waals surface area (Å²) in [5.41, 5.74) is 0. The second-order valence-corrected chi connectivity index (χ2v) is 5.55. The van der Waals surface area contributed by atoms with Crippen LogP contribution in [0.2, 0.25) is 0 Å². The third-order valence-electron chi connectivity index (χ3n) is 4.11. The fourth-order valence-corrected chi connectivity index (χ4v) is 2.86. The molecular formula is C14H25N3O3. The minimum Gasteiger partial charge on any atom is -0.377 e. The summed E-state index contributed by atoms with van der Waals surface area (Å²) in [7, 11) is 0. The molecule has 2 heterocycles. The molecule has 0 radical (unpaired) electrons. The van der Waals surface area contributed by atoms with Gasteiger partial charge in [0, 0.05) is 19.1 Å². The highest BCUT2D eigenvalue weighted by Gasteiger charge is 2.39. The maximum Gasteiger partial charge on any atom is 0.245 e. The zero-order valence-corrected chi connectivity index (χ0v) is 12.4. The molecule has 6 nitrogen and oxygen atoms in total. The van der Waals surface area contributed by atoms with Crippen LogP contribution in [0.15, 0.2) is 0 Å². The van der Waals surface area contributed by atoms with Gasteiger partial charge in [0.05, 0.1) is 19.1 Å². The molecule has 0 spiro atoms. The second-order valence-electron chi connectivity index (χ2n) is 5.55. The van der Waals surface area contributed by atoms with E-state index in [0.29, 0.717) is 26.3 Å². The molecule has 20 heavy (non-hydrogen) atoms. The summed E-state index contributed by atoms with van der Waals surface area (Å²) in [5.74, 6) is -0.0319.